The summed E-state index contributed by atoms with van der Waals surface area (Å²) in [5.74, 6) is -0.615. The highest BCUT2D eigenvalue weighted by Gasteiger charge is 2.28. The highest BCUT2D eigenvalue weighted by molar-refractivity contribution is 6.31. The van der Waals surface area contributed by atoms with Crippen molar-refractivity contribution in [3.8, 4) is 11.4 Å². The fraction of sp³-hybridized carbons (Fsp3) is 0.211. The van der Waals surface area contributed by atoms with Crippen molar-refractivity contribution in [2.45, 2.75) is 20.8 Å². The lowest BCUT2D eigenvalue weighted by Gasteiger charge is -2.14. The van der Waals surface area contributed by atoms with Crippen LogP contribution in [0.2, 0.25) is 0 Å². The molecule has 0 atom stereocenters. The van der Waals surface area contributed by atoms with Gasteiger partial charge in [-0.2, -0.15) is 0 Å². The number of barbiturate groups is 1. The summed E-state index contributed by atoms with van der Waals surface area (Å²) in [6.45, 7) is 6.37. The first-order chi connectivity index (χ1) is 12.4. The van der Waals surface area contributed by atoms with Gasteiger partial charge in [-0.1, -0.05) is 0 Å². The molecule has 134 valence electrons. The lowest BCUT2D eigenvalue weighted by Crippen LogP contribution is -2.51. The summed E-state index contributed by atoms with van der Waals surface area (Å²) in [5, 5.41) is 4.14. The van der Waals surface area contributed by atoms with E-state index in [9.17, 15) is 14.4 Å². The van der Waals surface area contributed by atoms with Crippen molar-refractivity contribution in [1.82, 2.24) is 15.2 Å². The SMILES string of the molecule is CCOc1ccc(-n2c(C)cc(C=C3C(=O)NC(=O)NC3=O)c2C)cc1. The van der Waals surface area contributed by atoms with Crippen LogP contribution >= 0.6 is 0 Å². The van der Waals surface area contributed by atoms with Crippen molar-refractivity contribution < 1.29 is 19.1 Å². The molecule has 0 radical (unpaired) electrons. The molecule has 1 aliphatic rings. The van der Waals surface area contributed by atoms with Crippen LogP contribution in [0.5, 0.6) is 5.75 Å². The van der Waals surface area contributed by atoms with Crippen molar-refractivity contribution in [2.24, 2.45) is 0 Å². The zero-order valence-electron chi connectivity index (χ0n) is 14.8. The topological polar surface area (TPSA) is 89.4 Å². The molecule has 7 heteroatoms. The van der Waals surface area contributed by atoms with Crippen LogP contribution in [0.25, 0.3) is 11.8 Å². The number of aromatic nitrogens is 1. The Balaban J connectivity index is 1.98. The van der Waals surface area contributed by atoms with Crippen molar-refractivity contribution in [1.29, 1.82) is 0 Å². The van der Waals surface area contributed by atoms with Crippen LogP contribution < -0.4 is 15.4 Å². The number of nitrogens with zero attached hydrogens (tertiary/aromatic N) is 1. The third kappa shape index (κ3) is 3.23. The second-order valence-electron chi connectivity index (χ2n) is 5.88. The predicted molar refractivity (Wildman–Crippen MR) is 96.1 cm³/mol. The first kappa shape index (κ1) is 17.5. The summed E-state index contributed by atoms with van der Waals surface area (Å²) in [6.07, 6.45) is 1.49. The van der Waals surface area contributed by atoms with Crippen LogP contribution in [0.4, 0.5) is 4.79 Å². The molecule has 0 aliphatic carbocycles. The van der Waals surface area contributed by atoms with Gasteiger partial charge in [0, 0.05) is 17.1 Å². The Hall–Kier alpha value is -3.35. The number of hydrogen-bond donors (Lipinski definition) is 2. The fourth-order valence-corrected chi connectivity index (χ4v) is 2.95. The van der Waals surface area contributed by atoms with Crippen LogP contribution in [-0.4, -0.2) is 29.0 Å². The molecule has 3 rings (SSSR count). The van der Waals surface area contributed by atoms with Crippen LogP contribution in [-0.2, 0) is 9.59 Å². The van der Waals surface area contributed by atoms with E-state index in [4.69, 9.17) is 4.74 Å². The van der Waals surface area contributed by atoms with Crippen molar-refractivity contribution in [3.05, 3.63) is 52.9 Å². The zero-order valence-corrected chi connectivity index (χ0v) is 14.8. The molecule has 1 aromatic heterocycles. The molecule has 26 heavy (non-hydrogen) atoms. The summed E-state index contributed by atoms with van der Waals surface area (Å²) in [7, 11) is 0. The van der Waals surface area contributed by atoms with Crippen LogP contribution in [0.1, 0.15) is 23.9 Å². The van der Waals surface area contributed by atoms with Crippen molar-refractivity contribution in [2.75, 3.05) is 6.61 Å². The Morgan fingerprint density at radius 1 is 1.04 bits per heavy atom. The fourth-order valence-electron chi connectivity index (χ4n) is 2.95. The number of carbonyl (C=O) groups is 3. The molecule has 0 bridgehead atoms. The Bertz CT molecular complexity index is 901. The van der Waals surface area contributed by atoms with Gasteiger partial charge in [0.2, 0.25) is 0 Å². The average molecular weight is 353 g/mol. The largest absolute Gasteiger partial charge is 0.494 e. The van der Waals surface area contributed by atoms with E-state index in [1.54, 1.807) is 0 Å². The quantitative estimate of drug-likeness (QED) is 0.652. The average Bonchev–Trinajstić information content (AvgIpc) is 2.86. The third-order valence-corrected chi connectivity index (χ3v) is 4.12. The molecule has 0 spiro atoms. The van der Waals surface area contributed by atoms with Crippen LogP contribution in [0, 0.1) is 13.8 Å². The molecule has 0 saturated carbocycles. The van der Waals surface area contributed by atoms with Gasteiger partial charge < -0.3 is 9.30 Å². The highest BCUT2D eigenvalue weighted by Crippen LogP contribution is 2.24. The summed E-state index contributed by atoms with van der Waals surface area (Å²) >= 11 is 0. The molecule has 0 unspecified atom stereocenters. The number of carbonyl (C=O) groups excluding carboxylic acids is 3. The van der Waals surface area contributed by atoms with Crippen molar-refractivity contribution in [3.63, 3.8) is 0 Å². The lowest BCUT2D eigenvalue weighted by atomic mass is 10.1. The van der Waals surface area contributed by atoms with E-state index < -0.39 is 17.8 Å². The minimum atomic E-state index is -0.808. The maximum atomic E-state index is 11.9. The van der Waals surface area contributed by atoms with Gasteiger partial charge in [-0.25, -0.2) is 4.79 Å². The van der Waals surface area contributed by atoms with Crippen LogP contribution in [0.15, 0.2) is 35.9 Å². The van der Waals surface area contributed by atoms with E-state index in [1.807, 2.05) is 55.7 Å². The van der Waals surface area contributed by atoms with E-state index in [2.05, 4.69) is 10.6 Å². The van der Waals surface area contributed by atoms with E-state index in [0.29, 0.717) is 6.61 Å². The minimum Gasteiger partial charge on any atom is -0.494 e. The van der Waals surface area contributed by atoms with Gasteiger partial charge in [-0.05, 0) is 62.7 Å². The molecule has 2 aromatic rings. The summed E-state index contributed by atoms with van der Waals surface area (Å²) < 4.78 is 7.48. The first-order valence-electron chi connectivity index (χ1n) is 8.21. The van der Waals surface area contributed by atoms with E-state index in [1.165, 1.54) is 6.08 Å². The molecule has 7 nitrogen and oxygen atoms in total. The third-order valence-electron chi connectivity index (χ3n) is 4.12. The molecule has 1 aromatic carbocycles. The Morgan fingerprint density at radius 2 is 1.65 bits per heavy atom. The number of imide groups is 2. The second kappa shape index (κ2) is 6.87. The van der Waals surface area contributed by atoms with Crippen LogP contribution in [0.3, 0.4) is 0 Å². The van der Waals surface area contributed by atoms with Gasteiger partial charge in [0.05, 0.1) is 6.61 Å². The number of rotatable bonds is 4. The lowest BCUT2D eigenvalue weighted by molar-refractivity contribution is -0.123. The Labute approximate surface area is 150 Å². The molecule has 1 saturated heterocycles. The second-order valence-corrected chi connectivity index (χ2v) is 5.88. The van der Waals surface area contributed by atoms with Gasteiger partial charge in [-0.3, -0.25) is 20.2 Å². The number of nitrogens with one attached hydrogen (secondary N) is 2. The predicted octanol–water partition coefficient (Wildman–Crippen LogP) is 2.24. The highest BCUT2D eigenvalue weighted by atomic mass is 16.5. The normalized spacial score (nSPS) is 14.1. The Kier molecular flexibility index (Phi) is 4.62. The zero-order chi connectivity index (χ0) is 18.8. The van der Waals surface area contributed by atoms with Gasteiger partial charge in [-0.15, -0.1) is 0 Å². The molecular weight excluding hydrogens is 334 g/mol. The molecule has 2 heterocycles. The summed E-state index contributed by atoms with van der Waals surface area (Å²) in [5.41, 5.74) is 3.39. The maximum absolute atomic E-state index is 11.9. The number of benzene rings is 1. The van der Waals surface area contributed by atoms with Crippen molar-refractivity contribution >= 4 is 23.9 Å². The smallest absolute Gasteiger partial charge is 0.328 e. The number of urea groups is 1. The molecule has 2 N–H and O–H groups in total. The number of ether oxygens (including phenoxy) is 1. The van der Waals surface area contributed by atoms with Gasteiger partial charge in [0.25, 0.3) is 11.8 Å². The summed E-state index contributed by atoms with van der Waals surface area (Å²) in [6, 6.07) is 8.75. The minimum absolute atomic E-state index is 0.100. The molecule has 1 fully saturated rings. The summed E-state index contributed by atoms with van der Waals surface area (Å²) in [4.78, 5) is 35.0. The molecule has 1 aliphatic heterocycles. The van der Waals surface area contributed by atoms with E-state index in [-0.39, 0.29) is 5.57 Å². The number of amides is 4. The molecule has 4 amide bonds. The van der Waals surface area contributed by atoms with E-state index in [0.717, 1.165) is 28.4 Å². The van der Waals surface area contributed by atoms with Gasteiger partial charge >= 0.3 is 6.03 Å². The Morgan fingerprint density at radius 3 is 2.23 bits per heavy atom. The van der Waals surface area contributed by atoms with E-state index >= 15 is 0 Å². The monoisotopic (exact) mass is 353 g/mol. The van der Waals surface area contributed by atoms with Gasteiger partial charge in [0.15, 0.2) is 0 Å². The standard InChI is InChI=1S/C19H19N3O4/c1-4-26-15-7-5-14(6-8-15)22-11(2)9-13(12(22)3)10-16-17(23)20-19(25)21-18(16)24/h5-10H,4H2,1-3H3,(H2,20,21,23,24,25). The number of hydrogen-bond acceptors (Lipinski definition) is 4. The molecular formula is C19H19N3O4. The van der Waals surface area contributed by atoms with Gasteiger partial charge in [0.1, 0.15) is 11.3 Å². The first-order valence-corrected chi connectivity index (χ1v) is 8.21. The number of aryl methyl sites for hydroxylation is 1. The maximum Gasteiger partial charge on any atom is 0.328 e.